The first-order chi connectivity index (χ1) is 41.5. The molecule has 0 saturated carbocycles. The van der Waals surface area contributed by atoms with Gasteiger partial charge in [-0.15, -0.1) is 0 Å². The topological polar surface area (TPSA) is 22.9 Å². The number of furan rings is 1. The number of fused-ring (bicyclic) bond motifs is 6. The van der Waals surface area contributed by atoms with Crippen LogP contribution in [0, 0.1) is 10.8 Å². The molecule has 2 bridgehead atoms. The fourth-order valence-electron chi connectivity index (χ4n) is 11.4. The molecule has 0 saturated heterocycles. The standard InChI is InChI=1S/C72H74BIN3O.C8H16.C2H6/c1-47-41-67-74-68(42-47)77(57-21-15-14-19-48(43-57)49-25-38-60-59-23-16-17-24-65(59)78-66(60)44-49)64-46-58(75(55-33-27-51(28-34-55)70(5,6)7)56-35-29-52(30-36-56)71(8,9)10)37-39-61(64)73-62-45-53(72(11,12)13)31-40-63(62)76(67)54-22-18-20-50(26-32-54)69(2,3)4;1-6-7(2)8(3,4)5;1-2/h14-17,19-20,22-46H,18,21H2,1-13H3;6H,1-5H3;1-2H3/b;7-6+;. The van der Waals surface area contributed by atoms with Gasteiger partial charge in [-0.25, -0.2) is 0 Å². The highest BCUT2D eigenvalue weighted by Gasteiger charge is 2.31. The molecule has 1 radical (unpaired) electrons. The molecule has 1 aromatic heterocycles. The Balaban J connectivity index is 0.000000854. The van der Waals surface area contributed by atoms with Gasteiger partial charge in [0, 0.05) is 57.0 Å². The summed E-state index contributed by atoms with van der Waals surface area (Å²) in [6.45, 7) is 44.9. The van der Waals surface area contributed by atoms with Crippen molar-refractivity contribution in [3.63, 3.8) is 0 Å². The van der Waals surface area contributed by atoms with Gasteiger partial charge in [0.15, 0.2) is 7.28 Å². The zero-order chi connectivity index (χ0) is 63.7. The number of hydrogen-bond donors (Lipinski definition) is 0. The number of anilines is 5. The lowest BCUT2D eigenvalue weighted by Gasteiger charge is -2.37. The van der Waals surface area contributed by atoms with Gasteiger partial charge >= 0.3 is 0 Å². The molecule has 7 aromatic rings. The van der Waals surface area contributed by atoms with Gasteiger partial charge in [-0.1, -0.05) is 243 Å². The monoisotopic (exact) mass is 1280 g/mol. The minimum Gasteiger partial charge on any atom is -0.456 e. The van der Waals surface area contributed by atoms with Crippen molar-refractivity contribution in [1.29, 1.82) is 0 Å². The van der Waals surface area contributed by atoms with E-state index in [1.165, 1.54) is 63.3 Å². The third kappa shape index (κ3) is 14.6. The molecule has 0 fully saturated rings. The lowest BCUT2D eigenvalue weighted by atomic mass is 9.61. The van der Waals surface area contributed by atoms with E-state index < -0.39 is 20.7 Å². The van der Waals surface area contributed by atoms with Crippen LogP contribution in [0.5, 0.6) is 0 Å². The smallest absolute Gasteiger partial charge is 0.197 e. The fourth-order valence-corrected chi connectivity index (χ4v) is 14.8. The summed E-state index contributed by atoms with van der Waals surface area (Å²) >= 11 is -0.816. The predicted octanol–water partition coefficient (Wildman–Crippen LogP) is 22.9. The average Bonchev–Trinajstić information content (AvgIpc) is 1.56. The highest BCUT2D eigenvalue weighted by Crippen LogP contribution is 2.45. The van der Waals surface area contributed by atoms with Gasteiger partial charge in [0.05, 0.1) is 7.34 Å². The largest absolute Gasteiger partial charge is 0.456 e. The van der Waals surface area contributed by atoms with Crippen molar-refractivity contribution in [2.45, 2.75) is 168 Å². The molecular weight excluding hydrogens is 1180 g/mol. The normalized spacial score (nSPS) is 15.8. The number of halogens is 1. The number of para-hydroxylation sites is 1. The van der Waals surface area contributed by atoms with Crippen LogP contribution in [0.3, 0.4) is 0 Å². The lowest BCUT2D eigenvalue weighted by Crippen LogP contribution is -2.41. The Bertz CT molecular complexity index is 3990. The molecule has 3 heterocycles. The van der Waals surface area contributed by atoms with E-state index in [1.807, 2.05) is 19.9 Å². The SMILES string of the molecule is C/C=C(\C)C(C)(C)C.CC.CC1=CC2=IC(=C1)N(C1=CC(c3ccc4c(c3)oc3ccccc34)=CC=CC1)c1cc(N(c3ccc(C(C)(C)C)cc3)c3ccc(C(C)(C)C)cc3)ccc1[B]c1cc(C(C)(C)C)ccc1N2C1=CCC=C(C(C)(C)C)C=C1. The first-order valence-corrected chi connectivity index (χ1v) is 34.1. The summed E-state index contributed by atoms with van der Waals surface area (Å²) in [4.78, 5) is 7.71. The van der Waals surface area contributed by atoms with Crippen LogP contribution in [-0.2, 0) is 16.2 Å². The van der Waals surface area contributed by atoms with E-state index in [-0.39, 0.29) is 21.7 Å². The summed E-state index contributed by atoms with van der Waals surface area (Å²) in [7, 11) is 2.47. The molecule has 0 spiro atoms. The van der Waals surface area contributed by atoms with Gasteiger partial charge in [0.25, 0.3) is 0 Å². The first kappa shape index (κ1) is 65.3. The van der Waals surface area contributed by atoms with Crippen molar-refractivity contribution in [3.8, 4) is 0 Å². The van der Waals surface area contributed by atoms with Crippen LogP contribution >= 0.6 is 20.7 Å². The number of nitrogens with zero attached hydrogens (tertiary/aromatic N) is 3. The second kappa shape index (κ2) is 26.1. The molecule has 0 amide bonds. The number of hydrogen-bond acceptors (Lipinski definition) is 4. The second-order valence-electron chi connectivity index (χ2n) is 28.8. The van der Waals surface area contributed by atoms with E-state index in [1.54, 1.807) is 0 Å². The molecule has 2 aliphatic carbocycles. The van der Waals surface area contributed by atoms with Crippen LogP contribution in [0.1, 0.15) is 174 Å². The average molecular weight is 1280 g/mol. The summed E-state index contributed by atoms with van der Waals surface area (Å²) in [5, 5.41) is 2.27. The van der Waals surface area contributed by atoms with Crippen LogP contribution in [0.25, 0.3) is 27.5 Å². The van der Waals surface area contributed by atoms with Crippen LogP contribution in [0.15, 0.2) is 230 Å². The quantitative estimate of drug-likeness (QED) is 0.0716. The highest BCUT2D eigenvalue weighted by molar-refractivity contribution is 14.2. The Hall–Kier alpha value is -7.16. The molecule has 455 valence electrons. The molecule has 6 heteroatoms. The van der Waals surface area contributed by atoms with Crippen LogP contribution in [-0.4, -0.2) is 10.9 Å². The molecule has 6 aromatic carbocycles. The maximum atomic E-state index is 6.51. The van der Waals surface area contributed by atoms with E-state index in [9.17, 15) is 0 Å². The van der Waals surface area contributed by atoms with Gasteiger partial charge in [0.2, 0.25) is 0 Å². The Morgan fingerprint density at radius 2 is 1.19 bits per heavy atom. The summed E-state index contributed by atoms with van der Waals surface area (Å²) in [5.74, 6) is 0. The van der Waals surface area contributed by atoms with Crippen LogP contribution < -0.4 is 25.6 Å². The van der Waals surface area contributed by atoms with E-state index in [0.29, 0.717) is 5.41 Å². The molecule has 11 rings (SSSR count). The molecule has 88 heavy (non-hydrogen) atoms. The van der Waals surface area contributed by atoms with Gasteiger partial charge in [0.1, 0.15) is 11.2 Å². The predicted molar refractivity (Wildman–Crippen MR) is 398 cm³/mol. The molecular formula is C82H96BIN3O. The Morgan fingerprint density at radius 3 is 1.80 bits per heavy atom. The van der Waals surface area contributed by atoms with Crippen molar-refractivity contribution >= 4 is 98.5 Å². The molecule has 0 unspecified atom stereocenters. The van der Waals surface area contributed by atoms with Crippen molar-refractivity contribution in [2.75, 3.05) is 14.7 Å². The highest BCUT2D eigenvalue weighted by atomic mass is 127. The van der Waals surface area contributed by atoms with Gasteiger partial charge < -0.3 is 19.1 Å². The van der Waals surface area contributed by atoms with Gasteiger partial charge in [-0.05, 0) is 199 Å². The maximum absolute atomic E-state index is 6.51. The summed E-state index contributed by atoms with van der Waals surface area (Å²) in [6, 6.07) is 48.0. The molecule has 0 atom stereocenters. The number of allylic oxidation sites excluding steroid dienone is 14. The minimum atomic E-state index is -0.816. The summed E-state index contributed by atoms with van der Waals surface area (Å²) < 4.78 is 9.18. The molecule has 4 aliphatic rings. The maximum Gasteiger partial charge on any atom is 0.197 e. The van der Waals surface area contributed by atoms with Gasteiger partial charge in [-0.2, -0.15) is 0 Å². The third-order valence-electron chi connectivity index (χ3n) is 17.2. The van der Waals surface area contributed by atoms with E-state index in [4.69, 9.17) is 4.42 Å². The minimum absolute atomic E-state index is 0.0209. The first-order valence-electron chi connectivity index (χ1n) is 31.9. The van der Waals surface area contributed by atoms with E-state index in [0.717, 1.165) is 74.1 Å². The zero-order valence-electron chi connectivity index (χ0n) is 56.6. The van der Waals surface area contributed by atoms with Crippen molar-refractivity contribution < 1.29 is 4.42 Å². The number of benzene rings is 6. The van der Waals surface area contributed by atoms with Crippen molar-refractivity contribution in [3.05, 3.63) is 248 Å². The molecule has 0 N–H and O–H groups in total. The molecule has 4 nitrogen and oxygen atoms in total. The Morgan fingerprint density at radius 1 is 0.580 bits per heavy atom. The zero-order valence-corrected chi connectivity index (χ0v) is 58.8. The fraction of sp³-hybridized carbons (Fsp3) is 0.329. The summed E-state index contributed by atoms with van der Waals surface area (Å²) in [6.07, 6.45) is 27.6. The molecule has 2 aliphatic heterocycles. The van der Waals surface area contributed by atoms with Crippen LogP contribution in [0.4, 0.5) is 28.4 Å². The van der Waals surface area contributed by atoms with E-state index >= 15 is 0 Å². The Kier molecular flexibility index (Phi) is 19.4. The second-order valence-corrected chi connectivity index (χ2v) is 31.6. The van der Waals surface area contributed by atoms with Gasteiger partial charge in [-0.3, -0.25) is 0 Å². The summed E-state index contributed by atoms with van der Waals surface area (Å²) in [5.41, 5.74) is 22.9. The lowest BCUT2D eigenvalue weighted by molar-refractivity contribution is 0.503. The van der Waals surface area contributed by atoms with E-state index in [2.05, 4.69) is 335 Å². The third-order valence-corrected chi connectivity index (χ3v) is 19.8. The Labute approximate surface area is 540 Å². The van der Waals surface area contributed by atoms with Crippen LogP contribution in [0.2, 0.25) is 0 Å². The number of rotatable bonds is 6. The van der Waals surface area contributed by atoms with Crippen molar-refractivity contribution in [2.24, 2.45) is 10.8 Å². The van der Waals surface area contributed by atoms with Crippen molar-refractivity contribution in [1.82, 2.24) is 0 Å².